The summed E-state index contributed by atoms with van der Waals surface area (Å²) in [6, 6.07) is 0. The van der Waals surface area contributed by atoms with Gasteiger partial charge in [-0.15, -0.1) is 48.0 Å². The van der Waals surface area contributed by atoms with Crippen LogP contribution in [0.25, 0.3) is 0 Å². The second kappa shape index (κ2) is 4.43. The lowest BCUT2D eigenvalue weighted by Crippen LogP contribution is -2.19. The summed E-state index contributed by atoms with van der Waals surface area (Å²) in [6.07, 6.45) is -1.04. The van der Waals surface area contributed by atoms with Crippen molar-refractivity contribution in [2.24, 2.45) is 0 Å². The Bertz CT molecular complexity index is 188. The van der Waals surface area contributed by atoms with E-state index in [9.17, 15) is 17.6 Å². The second-order valence-electron chi connectivity index (χ2n) is 2.47. The maximum absolute atomic E-state index is 12.3. The van der Waals surface area contributed by atoms with Crippen LogP contribution in [0.5, 0.6) is 0 Å². The predicted octanol–water partition coefficient (Wildman–Crippen LogP) is 3.84. The van der Waals surface area contributed by atoms with E-state index < -0.39 is 23.8 Å². The van der Waals surface area contributed by atoms with Crippen molar-refractivity contribution in [3.63, 3.8) is 0 Å². The molecule has 1 aliphatic carbocycles. The molecule has 0 aromatic rings. The second-order valence-corrected chi connectivity index (χ2v) is 2.47. The van der Waals surface area contributed by atoms with Gasteiger partial charge in [-0.2, -0.15) is 0 Å². The molecule has 1 aliphatic rings. The molecule has 0 bridgehead atoms. The average molecular weight is 410 g/mol. The monoisotopic (exact) mass is 410 g/mol. The fourth-order valence-electron chi connectivity index (χ4n) is 0.909. The van der Waals surface area contributed by atoms with Crippen LogP contribution in [0.3, 0.4) is 0 Å². The molecule has 12 heavy (non-hydrogen) atoms. The van der Waals surface area contributed by atoms with E-state index in [-0.39, 0.29) is 48.0 Å². The quantitative estimate of drug-likeness (QED) is 0.324. The summed E-state index contributed by atoms with van der Waals surface area (Å²) in [5.74, 6) is -6.61. The zero-order valence-electron chi connectivity index (χ0n) is 6.11. The summed E-state index contributed by atoms with van der Waals surface area (Å²) in [6.45, 7) is 1.01. The molecule has 0 atom stereocenters. The van der Waals surface area contributed by atoms with Crippen molar-refractivity contribution in [2.45, 2.75) is 25.2 Å². The molecule has 6 heteroatoms. The van der Waals surface area contributed by atoms with Gasteiger partial charge in [-0.3, -0.25) is 0 Å². The van der Waals surface area contributed by atoms with Crippen molar-refractivity contribution in [2.75, 3.05) is 0 Å². The fourth-order valence-corrected chi connectivity index (χ4v) is 0.909. The van der Waals surface area contributed by atoms with Crippen molar-refractivity contribution in [1.29, 1.82) is 0 Å². The molecule has 0 fully saturated rings. The zero-order valence-corrected chi connectivity index (χ0v) is 10.8. The lowest BCUT2D eigenvalue weighted by molar-refractivity contribution is -0.0397. The van der Waals surface area contributed by atoms with E-state index in [4.69, 9.17) is 0 Å². The molecule has 0 saturated heterocycles. The molecule has 1 rings (SSSR count). The van der Waals surface area contributed by atoms with Crippen LogP contribution < -0.4 is 0 Å². The molecule has 0 aliphatic heterocycles. The van der Waals surface area contributed by atoms with Crippen LogP contribution in [-0.4, -0.2) is 11.8 Å². The van der Waals surface area contributed by atoms with Crippen LogP contribution in [0, 0.1) is 0 Å². The minimum absolute atomic E-state index is 0. The fraction of sp³-hybridized carbons (Fsp3) is 0.667. The highest BCUT2D eigenvalue weighted by molar-refractivity contribution is 14.0. The molecule has 0 aromatic carbocycles. The standard InChI is InChI=1S/C6H6F4.2HI/c1-4-2-5(7,8)3-6(4,9)10;;/h2H,3H2,1H3;2*1H. The summed E-state index contributed by atoms with van der Waals surface area (Å²) < 4.78 is 48.8. The summed E-state index contributed by atoms with van der Waals surface area (Å²) in [4.78, 5) is 0. The first-order valence-electron chi connectivity index (χ1n) is 2.79. The number of allylic oxidation sites excluding steroid dienone is 2. The Labute approximate surface area is 102 Å². The Morgan fingerprint density at radius 3 is 1.67 bits per heavy atom. The van der Waals surface area contributed by atoms with Crippen molar-refractivity contribution >= 4 is 48.0 Å². The Morgan fingerprint density at radius 2 is 1.58 bits per heavy atom. The molecule has 0 N–H and O–H groups in total. The minimum atomic E-state index is -3.31. The van der Waals surface area contributed by atoms with Gasteiger partial charge in [-0.25, -0.2) is 17.6 Å². The largest absolute Gasteiger partial charge is 0.275 e. The summed E-state index contributed by atoms with van der Waals surface area (Å²) in [5, 5.41) is 0. The van der Waals surface area contributed by atoms with Gasteiger partial charge >= 0.3 is 0 Å². The first-order valence-corrected chi connectivity index (χ1v) is 2.79. The highest BCUT2D eigenvalue weighted by atomic mass is 127. The Kier molecular flexibility index (Phi) is 5.68. The van der Waals surface area contributed by atoms with Gasteiger partial charge in [-0.1, -0.05) is 0 Å². The van der Waals surface area contributed by atoms with Crippen LogP contribution in [0.2, 0.25) is 0 Å². The minimum Gasteiger partial charge on any atom is -0.202 e. The number of hydrogen-bond donors (Lipinski definition) is 0. The van der Waals surface area contributed by atoms with Crippen molar-refractivity contribution in [3.05, 3.63) is 11.6 Å². The first-order chi connectivity index (χ1) is 4.33. The lowest BCUT2D eigenvalue weighted by Gasteiger charge is -2.10. The average Bonchev–Trinajstić information content (AvgIpc) is 1.73. The first kappa shape index (κ1) is 15.4. The third-order valence-electron chi connectivity index (χ3n) is 1.46. The third kappa shape index (κ3) is 3.35. The molecule has 0 radical (unpaired) electrons. The molecule has 0 nitrogen and oxygen atoms in total. The lowest BCUT2D eigenvalue weighted by atomic mass is 10.2. The number of rotatable bonds is 0. The number of hydrogen-bond acceptors (Lipinski definition) is 0. The van der Waals surface area contributed by atoms with Crippen LogP contribution in [0.4, 0.5) is 17.6 Å². The number of halogens is 6. The van der Waals surface area contributed by atoms with Gasteiger partial charge in [0.05, 0.1) is 6.42 Å². The molecule has 0 heterocycles. The van der Waals surface area contributed by atoms with E-state index in [1.165, 1.54) is 0 Å². The van der Waals surface area contributed by atoms with E-state index in [0.29, 0.717) is 6.08 Å². The van der Waals surface area contributed by atoms with E-state index >= 15 is 0 Å². The zero-order chi connectivity index (χ0) is 7.99. The van der Waals surface area contributed by atoms with Gasteiger partial charge in [0.2, 0.25) is 0 Å². The van der Waals surface area contributed by atoms with Gasteiger partial charge in [0.25, 0.3) is 11.8 Å². The van der Waals surface area contributed by atoms with Crippen molar-refractivity contribution in [1.82, 2.24) is 0 Å². The predicted molar refractivity (Wildman–Crippen MR) is 59.1 cm³/mol. The molecule has 0 aromatic heterocycles. The molecular weight excluding hydrogens is 402 g/mol. The maximum Gasteiger partial charge on any atom is 0.275 e. The molecule has 0 saturated carbocycles. The highest BCUT2D eigenvalue weighted by Crippen LogP contribution is 2.43. The van der Waals surface area contributed by atoms with E-state index in [2.05, 4.69) is 0 Å². The summed E-state index contributed by atoms with van der Waals surface area (Å²) in [5.41, 5.74) is -0.530. The molecule has 74 valence electrons. The molecular formula is C6H8F4I2. The van der Waals surface area contributed by atoms with Crippen LogP contribution in [-0.2, 0) is 0 Å². The van der Waals surface area contributed by atoms with E-state index in [1.54, 1.807) is 0 Å². The van der Waals surface area contributed by atoms with Gasteiger partial charge in [0.1, 0.15) is 0 Å². The van der Waals surface area contributed by atoms with Crippen LogP contribution >= 0.6 is 48.0 Å². The molecule has 0 amide bonds. The van der Waals surface area contributed by atoms with E-state index in [1.807, 2.05) is 0 Å². The van der Waals surface area contributed by atoms with Crippen molar-refractivity contribution in [3.8, 4) is 0 Å². The third-order valence-corrected chi connectivity index (χ3v) is 1.46. The topological polar surface area (TPSA) is 0 Å². The van der Waals surface area contributed by atoms with Crippen LogP contribution in [0.1, 0.15) is 13.3 Å². The van der Waals surface area contributed by atoms with Gasteiger partial charge in [-0.05, 0) is 18.6 Å². The summed E-state index contributed by atoms with van der Waals surface area (Å²) in [7, 11) is 0. The number of alkyl halides is 4. The van der Waals surface area contributed by atoms with Gasteiger partial charge in [0, 0.05) is 0 Å². The van der Waals surface area contributed by atoms with Gasteiger partial charge < -0.3 is 0 Å². The smallest absolute Gasteiger partial charge is 0.202 e. The van der Waals surface area contributed by atoms with E-state index in [0.717, 1.165) is 6.92 Å². The molecule has 0 unspecified atom stereocenters. The SMILES string of the molecule is CC1=CC(F)(F)CC1(F)F.I.I. The Balaban J connectivity index is 0. The van der Waals surface area contributed by atoms with Crippen molar-refractivity contribution < 1.29 is 17.6 Å². The highest BCUT2D eigenvalue weighted by Gasteiger charge is 2.49. The Hall–Kier alpha value is 0.920. The molecule has 0 spiro atoms. The summed E-state index contributed by atoms with van der Waals surface area (Å²) >= 11 is 0. The Morgan fingerprint density at radius 1 is 1.17 bits per heavy atom. The maximum atomic E-state index is 12.3. The van der Waals surface area contributed by atoms with Gasteiger partial charge in [0.15, 0.2) is 0 Å². The van der Waals surface area contributed by atoms with Crippen LogP contribution in [0.15, 0.2) is 11.6 Å². The normalized spacial score (nSPS) is 23.6.